The van der Waals surface area contributed by atoms with Crippen LogP contribution in [0.3, 0.4) is 0 Å². The summed E-state index contributed by atoms with van der Waals surface area (Å²) in [6, 6.07) is 11.9. The van der Waals surface area contributed by atoms with E-state index in [9.17, 15) is 17.6 Å². The molecule has 7 heteroatoms. The average Bonchev–Trinajstić information content (AvgIpc) is 2.89. The van der Waals surface area contributed by atoms with Gasteiger partial charge in [0.15, 0.2) is 0 Å². The zero-order valence-electron chi connectivity index (χ0n) is 16.1. The van der Waals surface area contributed by atoms with E-state index >= 15 is 0 Å². The van der Waals surface area contributed by atoms with E-state index in [0.717, 1.165) is 50.9 Å². The highest BCUT2D eigenvalue weighted by atomic mass is 32.2. The fourth-order valence-electron chi connectivity index (χ4n) is 3.86. The maximum atomic E-state index is 13.2. The van der Waals surface area contributed by atoms with Crippen LogP contribution >= 0.6 is 0 Å². The summed E-state index contributed by atoms with van der Waals surface area (Å²) in [4.78, 5) is 14.9. The van der Waals surface area contributed by atoms with Gasteiger partial charge in [0.1, 0.15) is 12.4 Å². The minimum atomic E-state index is -3.84. The van der Waals surface area contributed by atoms with E-state index in [0.29, 0.717) is 10.9 Å². The maximum absolute atomic E-state index is 13.2. The lowest BCUT2D eigenvalue weighted by molar-refractivity contribution is -0.131. The molecule has 0 unspecified atom stereocenters. The lowest BCUT2D eigenvalue weighted by Crippen LogP contribution is -2.34. The Balaban J connectivity index is 1.72. The van der Waals surface area contributed by atoms with Crippen molar-refractivity contribution in [3.8, 4) is 0 Å². The van der Waals surface area contributed by atoms with Gasteiger partial charge in [0.25, 0.3) is 0 Å². The predicted octanol–water partition coefficient (Wildman–Crippen LogP) is 4.02. The second-order valence-corrected chi connectivity index (χ2v) is 9.31. The predicted molar refractivity (Wildman–Crippen MR) is 109 cm³/mol. The van der Waals surface area contributed by atoms with E-state index in [1.54, 1.807) is 16.7 Å². The quantitative estimate of drug-likeness (QED) is 0.606. The van der Waals surface area contributed by atoms with Crippen molar-refractivity contribution in [2.24, 2.45) is 0 Å². The van der Waals surface area contributed by atoms with Crippen molar-refractivity contribution in [1.29, 1.82) is 0 Å². The first kappa shape index (κ1) is 19.6. The van der Waals surface area contributed by atoms with Crippen LogP contribution in [-0.4, -0.2) is 36.9 Å². The molecule has 1 aromatic heterocycles. The smallest absolute Gasteiger partial charge is 0.242 e. The van der Waals surface area contributed by atoms with Gasteiger partial charge in [0, 0.05) is 30.2 Å². The molecule has 1 aliphatic heterocycles. The molecule has 1 amide bonds. The second kappa shape index (κ2) is 7.99. The first-order chi connectivity index (χ1) is 14.0. The molecule has 2 heterocycles. The van der Waals surface area contributed by atoms with Gasteiger partial charge in [-0.25, -0.2) is 12.8 Å². The van der Waals surface area contributed by atoms with E-state index in [1.807, 2.05) is 17.0 Å². The average molecular weight is 415 g/mol. The molecule has 0 N–H and O–H groups in total. The van der Waals surface area contributed by atoms with Crippen LogP contribution in [0.15, 0.2) is 64.5 Å². The number of benzene rings is 2. The van der Waals surface area contributed by atoms with Gasteiger partial charge in [-0.15, -0.1) is 0 Å². The lowest BCUT2D eigenvalue weighted by Gasteiger charge is -2.20. The number of aromatic nitrogens is 1. The van der Waals surface area contributed by atoms with Crippen molar-refractivity contribution in [1.82, 2.24) is 9.47 Å². The minimum absolute atomic E-state index is 0.00150. The summed E-state index contributed by atoms with van der Waals surface area (Å²) in [6.07, 6.45) is 5.80. The summed E-state index contributed by atoms with van der Waals surface area (Å²) in [5, 5.41) is 0.556. The molecule has 29 heavy (non-hydrogen) atoms. The Morgan fingerprint density at radius 1 is 0.931 bits per heavy atom. The molecule has 0 spiro atoms. The SMILES string of the molecule is O=C(Cn1cc(S(=O)(=O)c2ccc(F)cc2)c2ccccc21)N1CCCCCC1. The largest absolute Gasteiger partial charge is 0.341 e. The second-order valence-electron chi connectivity index (χ2n) is 7.39. The fourth-order valence-corrected chi connectivity index (χ4v) is 5.34. The van der Waals surface area contributed by atoms with E-state index in [4.69, 9.17) is 0 Å². The number of amides is 1. The molecule has 2 aromatic carbocycles. The van der Waals surface area contributed by atoms with Gasteiger partial charge >= 0.3 is 0 Å². The summed E-state index contributed by atoms with van der Waals surface area (Å²) >= 11 is 0. The molecule has 0 aliphatic carbocycles. The Morgan fingerprint density at radius 3 is 2.28 bits per heavy atom. The summed E-state index contributed by atoms with van der Waals surface area (Å²) in [5.74, 6) is -0.493. The highest BCUT2D eigenvalue weighted by Gasteiger charge is 2.25. The standard InChI is InChI=1S/C22H23FN2O3S/c23-17-9-11-18(12-10-17)29(27,28)21-15-25(20-8-4-3-7-19(20)21)16-22(26)24-13-5-1-2-6-14-24/h3-4,7-12,15H,1-2,5-6,13-14,16H2. The number of likely N-dealkylation sites (tertiary alicyclic amines) is 1. The molecule has 1 fully saturated rings. The number of sulfone groups is 1. The van der Waals surface area contributed by atoms with Crippen molar-refractivity contribution in [2.75, 3.05) is 13.1 Å². The van der Waals surface area contributed by atoms with Crippen LogP contribution < -0.4 is 0 Å². The van der Waals surface area contributed by atoms with Gasteiger partial charge in [-0.3, -0.25) is 4.79 Å². The van der Waals surface area contributed by atoms with Gasteiger partial charge in [0.05, 0.1) is 9.79 Å². The van der Waals surface area contributed by atoms with Crippen molar-refractivity contribution < 1.29 is 17.6 Å². The van der Waals surface area contributed by atoms with Crippen molar-refractivity contribution in [3.63, 3.8) is 0 Å². The molecule has 3 aromatic rings. The Bertz CT molecular complexity index is 1130. The number of carbonyl (C=O) groups is 1. The molecule has 0 atom stereocenters. The topological polar surface area (TPSA) is 59.4 Å². The Morgan fingerprint density at radius 2 is 1.59 bits per heavy atom. The molecular weight excluding hydrogens is 391 g/mol. The highest BCUT2D eigenvalue weighted by Crippen LogP contribution is 2.30. The minimum Gasteiger partial charge on any atom is -0.341 e. The third-order valence-corrected chi connectivity index (χ3v) is 7.23. The van der Waals surface area contributed by atoms with Gasteiger partial charge < -0.3 is 9.47 Å². The molecule has 152 valence electrons. The molecule has 1 saturated heterocycles. The summed E-state index contributed by atoms with van der Waals surface area (Å²) in [5.41, 5.74) is 0.691. The molecule has 0 saturated carbocycles. The Labute approximate surface area is 169 Å². The van der Waals surface area contributed by atoms with Crippen LogP contribution in [-0.2, 0) is 21.2 Å². The van der Waals surface area contributed by atoms with Crippen LogP contribution in [0.1, 0.15) is 25.7 Å². The van der Waals surface area contributed by atoms with Crippen LogP contribution in [0.5, 0.6) is 0 Å². The molecule has 5 nitrogen and oxygen atoms in total. The lowest BCUT2D eigenvalue weighted by atomic mass is 10.2. The normalized spacial score (nSPS) is 15.4. The monoisotopic (exact) mass is 414 g/mol. The van der Waals surface area contributed by atoms with E-state index in [1.165, 1.54) is 18.3 Å². The number of fused-ring (bicyclic) bond motifs is 1. The maximum Gasteiger partial charge on any atom is 0.242 e. The number of nitrogens with zero attached hydrogens (tertiary/aromatic N) is 2. The molecule has 4 rings (SSSR count). The zero-order valence-corrected chi connectivity index (χ0v) is 16.9. The van der Waals surface area contributed by atoms with Gasteiger partial charge in [0.2, 0.25) is 15.7 Å². The van der Waals surface area contributed by atoms with Crippen molar-refractivity contribution in [3.05, 3.63) is 60.5 Å². The van der Waals surface area contributed by atoms with E-state index < -0.39 is 15.7 Å². The number of rotatable bonds is 4. The van der Waals surface area contributed by atoms with Crippen LogP contribution in [0.4, 0.5) is 4.39 Å². The van der Waals surface area contributed by atoms with Gasteiger partial charge in [-0.2, -0.15) is 0 Å². The first-order valence-electron chi connectivity index (χ1n) is 9.83. The molecule has 1 aliphatic rings. The Kier molecular flexibility index (Phi) is 5.41. The number of hydrogen-bond acceptors (Lipinski definition) is 3. The third kappa shape index (κ3) is 3.92. The number of carbonyl (C=O) groups excluding carboxylic acids is 1. The van der Waals surface area contributed by atoms with Gasteiger partial charge in [-0.05, 0) is 43.2 Å². The summed E-state index contributed by atoms with van der Waals surface area (Å²) in [6.45, 7) is 1.59. The van der Waals surface area contributed by atoms with E-state index in [2.05, 4.69) is 0 Å². The fraction of sp³-hybridized carbons (Fsp3) is 0.318. The Hall–Kier alpha value is -2.67. The highest BCUT2D eigenvalue weighted by molar-refractivity contribution is 7.91. The van der Waals surface area contributed by atoms with E-state index in [-0.39, 0.29) is 22.2 Å². The summed E-state index contributed by atoms with van der Waals surface area (Å²) < 4.78 is 41.3. The molecule has 0 radical (unpaired) electrons. The van der Waals surface area contributed by atoms with Crippen LogP contribution in [0.25, 0.3) is 10.9 Å². The van der Waals surface area contributed by atoms with Crippen LogP contribution in [0.2, 0.25) is 0 Å². The summed E-state index contributed by atoms with van der Waals surface area (Å²) in [7, 11) is -3.84. The number of halogens is 1. The van der Waals surface area contributed by atoms with Gasteiger partial charge in [-0.1, -0.05) is 31.0 Å². The third-order valence-electron chi connectivity index (χ3n) is 5.43. The van der Waals surface area contributed by atoms with Crippen LogP contribution in [0, 0.1) is 5.82 Å². The number of hydrogen-bond donors (Lipinski definition) is 0. The number of para-hydroxylation sites is 1. The first-order valence-corrected chi connectivity index (χ1v) is 11.3. The zero-order chi connectivity index (χ0) is 20.4. The molecule has 0 bridgehead atoms. The van der Waals surface area contributed by atoms with Crippen molar-refractivity contribution >= 4 is 26.6 Å². The van der Waals surface area contributed by atoms with Crippen molar-refractivity contribution in [2.45, 2.75) is 42.0 Å². The molecular formula is C22H23FN2O3S.